The van der Waals surface area contributed by atoms with Gasteiger partial charge in [-0.2, -0.15) is 0 Å². The molecule has 0 radical (unpaired) electrons. The highest BCUT2D eigenvalue weighted by atomic mass is 35.5. The van der Waals surface area contributed by atoms with Crippen LogP contribution in [0.15, 0.2) is 48.5 Å². The van der Waals surface area contributed by atoms with Gasteiger partial charge in [0.05, 0.1) is 10.6 Å². The fourth-order valence-corrected chi connectivity index (χ4v) is 6.09. The lowest BCUT2D eigenvalue weighted by Gasteiger charge is -2.55. The van der Waals surface area contributed by atoms with Crippen molar-refractivity contribution in [3.63, 3.8) is 0 Å². The second kappa shape index (κ2) is 7.73. The largest absolute Gasteiger partial charge is 0.338 e. The maximum absolute atomic E-state index is 13.4. The Kier molecular flexibility index (Phi) is 5.09. The van der Waals surface area contributed by atoms with Crippen LogP contribution in [0.3, 0.4) is 0 Å². The highest BCUT2D eigenvalue weighted by Crippen LogP contribution is 2.44. The summed E-state index contributed by atoms with van der Waals surface area (Å²) in [4.78, 5) is 17.8. The molecule has 2 bridgehead atoms. The molecule has 3 aliphatic rings. The van der Waals surface area contributed by atoms with E-state index >= 15 is 0 Å². The van der Waals surface area contributed by atoms with Crippen LogP contribution in [0.4, 0.5) is 4.39 Å². The molecule has 3 saturated heterocycles. The molecule has 5 rings (SSSR count). The molecule has 1 amide bonds. The van der Waals surface area contributed by atoms with Crippen LogP contribution in [0.1, 0.15) is 47.6 Å². The van der Waals surface area contributed by atoms with Gasteiger partial charge in [-0.25, -0.2) is 4.39 Å². The molecule has 0 spiro atoms. The van der Waals surface area contributed by atoms with Crippen molar-refractivity contribution in [1.29, 1.82) is 0 Å². The summed E-state index contributed by atoms with van der Waals surface area (Å²) in [5, 5.41) is 0.203. The van der Waals surface area contributed by atoms with E-state index in [9.17, 15) is 9.18 Å². The minimum absolute atomic E-state index is 0.0615. The van der Waals surface area contributed by atoms with E-state index in [1.807, 2.05) is 4.90 Å². The highest BCUT2D eigenvalue weighted by molar-refractivity contribution is 6.33. The molecular formula is C24H26ClFN2O. The molecule has 0 aliphatic carbocycles. The molecule has 5 heteroatoms. The Balaban J connectivity index is 1.36. The number of carbonyl (C=O) groups excluding carboxylic acids is 1. The number of piperidine rings is 3. The van der Waals surface area contributed by atoms with E-state index in [2.05, 4.69) is 35.2 Å². The molecule has 0 unspecified atom stereocenters. The summed E-state index contributed by atoms with van der Waals surface area (Å²) in [6.07, 6.45) is 4.86. The first-order valence-electron chi connectivity index (χ1n) is 10.6. The smallest absolute Gasteiger partial charge is 0.255 e. The van der Waals surface area contributed by atoms with Crippen molar-refractivity contribution in [2.24, 2.45) is 11.8 Å². The standard InChI is InChI=1S/C24H26ClFN2O/c25-21-12-19(26)9-10-20(21)24(29)27-13-16-11-18(15-27)23-8-4-7-22(28(23)14-16)17-5-2-1-3-6-17/h1-3,5-6,9-10,12,16,18,22-23H,4,7-8,11,13-15H2/t16-,18+,22+,23-/m0/s1. The van der Waals surface area contributed by atoms with E-state index in [0.29, 0.717) is 29.5 Å². The fraction of sp³-hybridized carbons (Fsp3) is 0.458. The van der Waals surface area contributed by atoms with Crippen LogP contribution in [0.25, 0.3) is 0 Å². The van der Waals surface area contributed by atoms with E-state index in [4.69, 9.17) is 11.6 Å². The number of fused-ring (bicyclic) bond motifs is 4. The van der Waals surface area contributed by atoms with Crippen molar-refractivity contribution < 1.29 is 9.18 Å². The van der Waals surface area contributed by atoms with Crippen molar-refractivity contribution in [2.75, 3.05) is 19.6 Å². The summed E-state index contributed by atoms with van der Waals surface area (Å²) in [6, 6.07) is 15.9. The van der Waals surface area contributed by atoms with Crippen LogP contribution in [-0.2, 0) is 0 Å². The number of amides is 1. The Morgan fingerprint density at radius 1 is 1.03 bits per heavy atom. The minimum Gasteiger partial charge on any atom is -0.338 e. The molecule has 0 N–H and O–H groups in total. The molecule has 3 aliphatic heterocycles. The molecule has 0 aromatic heterocycles. The fourth-order valence-electron chi connectivity index (χ4n) is 5.84. The van der Waals surface area contributed by atoms with Gasteiger partial charge in [-0.3, -0.25) is 9.69 Å². The van der Waals surface area contributed by atoms with Crippen LogP contribution in [0.2, 0.25) is 5.02 Å². The zero-order chi connectivity index (χ0) is 20.0. The molecule has 3 nitrogen and oxygen atoms in total. The number of hydrogen-bond donors (Lipinski definition) is 0. The summed E-state index contributed by atoms with van der Waals surface area (Å²) in [5.41, 5.74) is 1.83. The van der Waals surface area contributed by atoms with E-state index in [1.165, 1.54) is 49.4 Å². The topological polar surface area (TPSA) is 23.6 Å². The van der Waals surface area contributed by atoms with Gasteiger partial charge < -0.3 is 4.90 Å². The Hall–Kier alpha value is -1.91. The van der Waals surface area contributed by atoms with Gasteiger partial charge in [0.25, 0.3) is 5.91 Å². The predicted molar refractivity (Wildman–Crippen MR) is 112 cm³/mol. The zero-order valence-electron chi connectivity index (χ0n) is 16.4. The lowest BCUT2D eigenvalue weighted by molar-refractivity contribution is -0.0511. The van der Waals surface area contributed by atoms with Gasteiger partial charge in [-0.1, -0.05) is 41.9 Å². The Bertz CT molecular complexity index is 905. The van der Waals surface area contributed by atoms with E-state index in [-0.39, 0.29) is 10.9 Å². The second-order valence-corrected chi connectivity index (χ2v) is 9.22. The van der Waals surface area contributed by atoms with Gasteiger partial charge in [-0.05, 0) is 61.3 Å². The number of nitrogens with zero attached hydrogens (tertiary/aromatic N) is 2. The first kappa shape index (κ1) is 19.1. The third kappa shape index (κ3) is 3.57. The summed E-state index contributed by atoms with van der Waals surface area (Å²) >= 11 is 6.17. The van der Waals surface area contributed by atoms with Gasteiger partial charge in [0.15, 0.2) is 0 Å². The zero-order valence-corrected chi connectivity index (χ0v) is 17.2. The number of carbonyl (C=O) groups is 1. The number of halogens is 2. The lowest BCUT2D eigenvalue weighted by Crippen LogP contribution is -2.60. The molecule has 2 aromatic rings. The number of likely N-dealkylation sites (tertiary alicyclic amines) is 1. The lowest BCUT2D eigenvalue weighted by atomic mass is 9.74. The maximum Gasteiger partial charge on any atom is 0.255 e. The third-order valence-corrected chi connectivity index (χ3v) is 7.33. The Labute approximate surface area is 176 Å². The highest BCUT2D eigenvalue weighted by Gasteiger charge is 2.45. The van der Waals surface area contributed by atoms with Crippen LogP contribution in [0, 0.1) is 17.7 Å². The summed E-state index contributed by atoms with van der Waals surface area (Å²) in [7, 11) is 0. The van der Waals surface area contributed by atoms with Crippen molar-refractivity contribution in [2.45, 2.75) is 37.8 Å². The van der Waals surface area contributed by atoms with Crippen LogP contribution in [0.5, 0.6) is 0 Å². The number of rotatable bonds is 2. The molecule has 3 heterocycles. The first-order chi connectivity index (χ1) is 14.1. The van der Waals surface area contributed by atoms with E-state index < -0.39 is 5.82 Å². The normalized spacial score (nSPS) is 29.4. The molecular weight excluding hydrogens is 387 g/mol. The molecule has 152 valence electrons. The molecule has 2 aromatic carbocycles. The SMILES string of the molecule is O=C(c1ccc(F)cc1Cl)N1C[C@@H]2C[C@H](C1)[C@@H]1CCC[C@H](c3ccccc3)N1C2. The van der Waals surface area contributed by atoms with Crippen LogP contribution >= 0.6 is 11.6 Å². The van der Waals surface area contributed by atoms with E-state index in [1.54, 1.807) is 0 Å². The van der Waals surface area contributed by atoms with E-state index in [0.717, 1.165) is 19.6 Å². The van der Waals surface area contributed by atoms with Crippen molar-refractivity contribution in [3.8, 4) is 0 Å². The van der Waals surface area contributed by atoms with Gasteiger partial charge >= 0.3 is 0 Å². The molecule has 0 saturated carbocycles. The molecule has 29 heavy (non-hydrogen) atoms. The number of benzene rings is 2. The average Bonchev–Trinajstić information content (AvgIpc) is 2.73. The molecule has 3 fully saturated rings. The third-order valence-electron chi connectivity index (χ3n) is 7.02. The average molecular weight is 413 g/mol. The van der Waals surface area contributed by atoms with Crippen molar-refractivity contribution in [3.05, 3.63) is 70.5 Å². The van der Waals surface area contributed by atoms with Crippen molar-refractivity contribution in [1.82, 2.24) is 9.80 Å². The monoisotopic (exact) mass is 412 g/mol. The van der Waals surface area contributed by atoms with Crippen molar-refractivity contribution >= 4 is 17.5 Å². The molecule has 4 atom stereocenters. The van der Waals surface area contributed by atoms with Gasteiger partial charge in [0, 0.05) is 31.7 Å². The summed E-state index contributed by atoms with van der Waals surface area (Å²) in [6.45, 7) is 2.57. The quantitative estimate of drug-likeness (QED) is 0.679. The Morgan fingerprint density at radius 2 is 1.86 bits per heavy atom. The van der Waals surface area contributed by atoms with Gasteiger partial charge in [0.1, 0.15) is 5.82 Å². The van der Waals surface area contributed by atoms with Crippen LogP contribution in [-0.4, -0.2) is 41.4 Å². The first-order valence-corrected chi connectivity index (χ1v) is 11.0. The Morgan fingerprint density at radius 3 is 2.66 bits per heavy atom. The number of hydrogen-bond acceptors (Lipinski definition) is 2. The van der Waals surface area contributed by atoms with Crippen LogP contribution < -0.4 is 0 Å². The predicted octanol–water partition coefficient (Wildman–Crippen LogP) is 5.17. The van der Waals surface area contributed by atoms with Gasteiger partial charge in [0.2, 0.25) is 0 Å². The summed E-state index contributed by atoms with van der Waals surface area (Å²) < 4.78 is 13.4. The van der Waals surface area contributed by atoms with Gasteiger partial charge in [-0.15, -0.1) is 0 Å². The second-order valence-electron chi connectivity index (χ2n) is 8.82. The minimum atomic E-state index is -0.410. The summed E-state index contributed by atoms with van der Waals surface area (Å²) in [5.74, 6) is 0.509. The maximum atomic E-state index is 13.4.